The third-order valence-corrected chi connectivity index (χ3v) is 3.73. The fraction of sp³-hybridized carbons (Fsp3) is 0.333. The summed E-state index contributed by atoms with van der Waals surface area (Å²) in [5, 5.41) is 8.71. The smallest absolute Gasteiger partial charge is 0.416 e. The Balaban J connectivity index is 2.21. The van der Waals surface area contributed by atoms with Gasteiger partial charge in [-0.15, -0.1) is 0 Å². The maximum absolute atomic E-state index is 12.6. The summed E-state index contributed by atoms with van der Waals surface area (Å²) in [5.74, 6) is -2.28. The average molecular weight is 352 g/mol. The highest BCUT2D eigenvalue weighted by atomic mass is 79.9. The third kappa shape index (κ3) is 2.79. The van der Waals surface area contributed by atoms with Crippen LogP contribution in [-0.2, 0) is 11.0 Å². The fourth-order valence-electron chi connectivity index (χ4n) is 1.84. The molecule has 1 aromatic carbocycles. The van der Waals surface area contributed by atoms with Crippen LogP contribution >= 0.6 is 15.9 Å². The van der Waals surface area contributed by atoms with Crippen LogP contribution in [0.3, 0.4) is 0 Å². The molecule has 0 aliphatic carbocycles. The predicted octanol–water partition coefficient (Wildman–Crippen LogP) is 2.62. The molecule has 0 saturated carbocycles. The first-order valence-electron chi connectivity index (χ1n) is 5.59. The van der Waals surface area contributed by atoms with Crippen molar-refractivity contribution < 1.29 is 27.9 Å². The number of likely N-dealkylation sites (tertiary alicyclic amines) is 1. The van der Waals surface area contributed by atoms with Gasteiger partial charge in [-0.1, -0.05) is 0 Å². The lowest BCUT2D eigenvalue weighted by Gasteiger charge is -2.36. The van der Waals surface area contributed by atoms with Gasteiger partial charge in [0.2, 0.25) is 0 Å². The molecule has 0 atom stereocenters. The molecule has 8 heteroatoms. The number of aliphatic carboxylic acids is 1. The zero-order valence-corrected chi connectivity index (χ0v) is 11.5. The van der Waals surface area contributed by atoms with E-state index in [1.165, 1.54) is 4.90 Å². The number of carbonyl (C=O) groups is 2. The minimum Gasteiger partial charge on any atom is -0.481 e. The Morgan fingerprint density at radius 1 is 1.30 bits per heavy atom. The Bertz CT molecular complexity index is 568. The van der Waals surface area contributed by atoms with Gasteiger partial charge in [0.25, 0.3) is 5.91 Å². The summed E-state index contributed by atoms with van der Waals surface area (Å²) in [6.07, 6.45) is -4.53. The van der Waals surface area contributed by atoms with Crippen LogP contribution in [0.25, 0.3) is 0 Å². The summed E-state index contributed by atoms with van der Waals surface area (Å²) >= 11 is 3.03. The summed E-state index contributed by atoms with van der Waals surface area (Å²) < 4.78 is 38.1. The lowest BCUT2D eigenvalue weighted by atomic mass is 9.98. The maximum atomic E-state index is 12.6. The van der Waals surface area contributed by atoms with Gasteiger partial charge in [-0.2, -0.15) is 13.2 Å². The number of hydrogen-bond acceptors (Lipinski definition) is 2. The topological polar surface area (TPSA) is 57.6 Å². The minimum atomic E-state index is -4.53. The van der Waals surface area contributed by atoms with Crippen LogP contribution in [0.5, 0.6) is 0 Å². The van der Waals surface area contributed by atoms with Crippen molar-refractivity contribution in [3.05, 3.63) is 33.8 Å². The summed E-state index contributed by atoms with van der Waals surface area (Å²) in [6, 6.07) is 2.79. The van der Waals surface area contributed by atoms with Crippen molar-refractivity contribution in [2.24, 2.45) is 5.92 Å². The van der Waals surface area contributed by atoms with Crippen LogP contribution in [0.15, 0.2) is 22.7 Å². The molecular formula is C12H9BrF3NO3. The molecule has 2 rings (SSSR count). The highest BCUT2D eigenvalue weighted by molar-refractivity contribution is 9.10. The number of alkyl halides is 3. The van der Waals surface area contributed by atoms with E-state index in [9.17, 15) is 22.8 Å². The average Bonchev–Trinajstić information content (AvgIpc) is 2.24. The van der Waals surface area contributed by atoms with Gasteiger partial charge in [0.15, 0.2) is 0 Å². The number of carboxylic acid groups (broad SMARTS) is 1. The number of hydrogen-bond donors (Lipinski definition) is 1. The molecule has 20 heavy (non-hydrogen) atoms. The van der Waals surface area contributed by atoms with Crippen LogP contribution < -0.4 is 0 Å². The fourth-order valence-corrected chi connectivity index (χ4v) is 2.25. The molecule has 1 aliphatic rings. The van der Waals surface area contributed by atoms with Gasteiger partial charge in [-0.05, 0) is 34.1 Å². The van der Waals surface area contributed by atoms with E-state index in [0.717, 1.165) is 18.2 Å². The number of halogens is 4. The van der Waals surface area contributed by atoms with Gasteiger partial charge in [0, 0.05) is 17.6 Å². The van der Waals surface area contributed by atoms with Crippen molar-refractivity contribution in [2.75, 3.05) is 13.1 Å². The van der Waals surface area contributed by atoms with E-state index in [0.29, 0.717) is 0 Å². The van der Waals surface area contributed by atoms with Crippen molar-refractivity contribution in [3.63, 3.8) is 0 Å². The molecule has 1 heterocycles. The van der Waals surface area contributed by atoms with E-state index in [-0.39, 0.29) is 23.1 Å². The molecule has 1 saturated heterocycles. The molecule has 0 bridgehead atoms. The van der Waals surface area contributed by atoms with Crippen LogP contribution in [-0.4, -0.2) is 35.0 Å². The predicted molar refractivity (Wildman–Crippen MR) is 66.2 cm³/mol. The van der Waals surface area contributed by atoms with Gasteiger partial charge >= 0.3 is 12.1 Å². The Morgan fingerprint density at radius 2 is 1.90 bits per heavy atom. The number of rotatable bonds is 2. The van der Waals surface area contributed by atoms with Crippen LogP contribution in [0.4, 0.5) is 13.2 Å². The second-order valence-corrected chi connectivity index (χ2v) is 5.29. The second-order valence-electron chi connectivity index (χ2n) is 4.44. The van der Waals surface area contributed by atoms with Gasteiger partial charge in [-0.25, -0.2) is 0 Å². The zero-order chi connectivity index (χ0) is 15.1. The van der Waals surface area contributed by atoms with Crippen LogP contribution in [0.2, 0.25) is 0 Å². The number of carbonyl (C=O) groups excluding carboxylic acids is 1. The highest BCUT2D eigenvalue weighted by Crippen LogP contribution is 2.33. The van der Waals surface area contributed by atoms with E-state index >= 15 is 0 Å². The molecule has 1 aliphatic heterocycles. The molecular weight excluding hydrogens is 343 g/mol. The second kappa shape index (κ2) is 5.08. The van der Waals surface area contributed by atoms with Crippen molar-refractivity contribution >= 4 is 27.8 Å². The molecule has 0 aromatic heterocycles. The molecule has 4 nitrogen and oxygen atoms in total. The first-order valence-corrected chi connectivity index (χ1v) is 6.38. The SMILES string of the molecule is O=C(O)C1CN(C(=O)c2cc(C(F)(F)F)ccc2Br)C1. The molecule has 1 amide bonds. The van der Waals surface area contributed by atoms with Gasteiger partial charge in [0.1, 0.15) is 0 Å². The zero-order valence-electron chi connectivity index (χ0n) is 9.95. The molecule has 0 spiro atoms. The van der Waals surface area contributed by atoms with Crippen molar-refractivity contribution in [1.29, 1.82) is 0 Å². The van der Waals surface area contributed by atoms with Crippen LogP contribution in [0.1, 0.15) is 15.9 Å². The molecule has 0 unspecified atom stereocenters. The monoisotopic (exact) mass is 351 g/mol. The summed E-state index contributed by atoms with van der Waals surface area (Å²) in [6.45, 7) is 0.0215. The first-order chi connectivity index (χ1) is 9.20. The van der Waals surface area contributed by atoms with Gasteiger partial charge in [0.05, 0.1) is 17.0 Å². The first kappa shape index (κ1) is 14.8. The molecule has 1 fully saturated rings. The molecule has 108 valence electrons. The third-order valence-electron chi connectivity index (χ3n) is 3.04. The molecule has 1 N–H and O–H groups in total. The Hall–Kier alpha value is -1.57. The van der Waals surface area contributed by atoms with Crippen molar-refractivity contribution in [3.8, 4) is 0 Å². The molecule has 1 aromatic rings. The number of nitrogens with zero attached hydrogens (tertiary/aromatic N) is 1. The number of benzene rings is 1. The van der Waals surface area contributed by atoms with Crippen LogP contribution in [0, 0.1) is 5.92 Å². The van der Waals surface area contributed by atoms with E-state index in [1.807, 2.05) is 0 Å². The van der Waals surface area contributed by atoms with E-state index in [2.05, 4.69) is 15.9 Å². The summed E-state index contributed by atoms with van der Waals surface area (Å²) in [7, 11) is 0. The molecule has 0 radical (unpaired) electrons. The number of amides is 1. The highest BCUT2D eigenvalue weighted by Gasteiger charge is 2.37. The van der Waals surface area contributed by atoms with Crippen molar-refractivity contribution in [1.82, 2.24) is 4.90 Å². The lowest BCUT2D eigenvalue weighted by Crippen LogP contribution is -2.53. The van der Waals surface area contributed by atoms with E-state index < -0.39 is 29.5 Å². The summed E-state index contributed by atoms with van der Waals surface area (Å²) in [4.78, 5) is 23.9. The normalized spacial score (nSPS) is 15.9. The largest absolute Gasteiger partial charge is 0.481 e. The Morgan fingerprint density at radius 3 is 2.40 bits per heavy atom. The quantitative estimate of drug-likeness (QED) is 0.890. The number of carboxylic acids is 1. The standard InChI is InChI=1S/C12H9BrF3NO3/c13-9-2-1-7(12(14,15)16)3-8(9)10(18)17-4-6(5-17)11(19)20/h1-3,6H,4-5H2,(H,19,20). The van der Waals surface area contributed by atoms with Gasteiger partial charge < -0.3 is 10.0 Å². The lowest BCUT2D eigenvalue weighted by molar-refractivity contribution is -0.146. The summed E-state index contributed by atoms with van der Waals surface area (Å²) in [5.41, 5.74) is -1.04. The van der Waals surface area contributed by atoms with E-state index in [1.54, 1.807) is 0 Å². The maximum Gasteiger partial charge on any atom is 0.416 e. The van der Waals surface area contributed by atoms with Crippen molar-refractivity contribution in [2.45, 2.75) is 6.18 Å². The Labute approximate surface area is 120 Å². The van der Waals surface area contributed by atoms with E-state index in [4.69, 9.17) is 5.11 Å². The minimum absolute atomic E-state index is 0.0108. The Kier molecular flexibility index (Phi) is 3.77. The van der Waals surface area contributed by atoms with Gasteiger partial charge in [-0.3, -0.25) is 9.59 Å².